The molecule has 0 bridgehead atoms. The van der Waals surface area contributed by atoms with Crippen molar-refractivity contribution >= 4 is 35.3 Å². The fourth-order valence-electron chi connectivity index (χ4n) is 7.57. The van der Waals surface area contributed by atoms with E-state index in [9.17, 15) is 29.1 Å². The van der Waals surface area contributed by atoms with Gasteiger partial charge in [0.05, 0.1) is 35.3 Å². The molecule has 3 fully saturated rings. The summed E-state index contributed by atoms with van der Waals surface area (Å²) in [6, 6.07) is 13.9. The number of imide groups is 2. The van der Waals surface area contributed by atoms with Crippen LogP contribution in [-0.2, 0) is 24.0 Å². The van der Waals surface area contributed by atoms with Gasteiger partial charge in [0, 0.05) is 12.5 Å². The van der Waals surface area contributed by atoms with Crippen LogP contribution in [0.4, 0.5) is 5.69 Å². The largest absolute Gasteiger partial charge is 0.508 e. The first-order valence-corrected chi connectivity index (χ1v) is 13.6. The van der Waals surface area contributed by atoms with Crippen LogP contribution in [0.2, 0.25) is 0 Å². The number of para-hydroxylation sites is 1. The Labute approximate surface area is 231 Å². The van der Waals surface area contributed by atoms with Gasteiger partial charge in [0.1, 0.15) is 5.75 Å². The number of carboxylic acid groups (broad SMARTS) is 1. The van der Waals surface area contributed by atoms with Crippen molar-refractivity contribution in [3.8, 4) is 5.75 Å². The fourth-order valence-corrected chi connectivity index (χ4v) is 7.57. The molecule has 2 aromatic rings. The summed E-state index contributed by atoms with van der Waals surface area (Å²) in [6.07, 6.45) is 2.15. The van der Waals surface area contributed by atoms with Gasteiger partial charge in [0.15, 0.2) is 0 Å². The molecule has 2 saturated heterocycles. The van der Waals surface area contributed by atoms with Crippen LogP contribution in [0.15, 0.2) is 60.2 Å². The van der Waals surface area contributed by atoms with Crippen molar-refractivity contribution in [3.63, 3.8) is 0 Å². The highest BCUT2D eigenvalue weighted by atomic mass is 16.4. The summed E-state index contributed by atoms with van der Waals surface area (Å²) < 4.78 is 0. The van der Waals surface area contributed by atoms with Gasteiger partial charge in [0.2, 0.25) is 23.6 Å². The summed E-state index contributed by atoms with van der Waals surface area (Å²) in [5, 5.41) is 19.4. The Balaban J connectivity index is 1.48. The zero-order valence-electron chi connectivity index (χ0n) is 22.2. The fraction of sp³-hybridized carbons (Fsp3) is 0.387. The molecular formula is C31H30N2O7. The molecule has 2 N–H and O–H groups in total. The maximum Gasteiger partial charge on any atom is 0.305 e. The summed E-state index contributed by atoms with van der Waals surface area (Å²) in [5.41, 5.74) is 1.56. The van der Waals surface area contributed by atoms with Gasteiger partial charge in [-0.1, -0.05) is 42.0 Å². The van der Waals surface area contributed by atoms with Gasteiger partial charge in [-0.05, 0) is 61.9 Å². The highest BCUT2D eigenvalue weighted by molar-refractivity contribution is 6.24. The summed E-state index contributed by atoms with van der Waals surface area (Å²) >= 11 is 0. The number of amides is 4. The molecule has 9 heteroatoms. The molecule has 2 aromatic carbocycles. The summed E-state index contributed by atoms with van der Waals surface area (Å²) in [6.45, 7) is 3.39. The Morgan fingerprint density at radius 2 is 1.73 bits per heavy atom. The quantitative estimate of drug-likeness (QED) is 0.437. The van der Waals surface area contributed by atoms with E-state index in [-0.39, 0.29) is 42.9 Å². The zero-order valence-corrected chi connectivity index (χ0v) is 22.2. The number of carbonyl (C=O) groups excluding carboxylic acids is 4. The van der Waals surface area contributed by atoms with E-state index in [0.29, 0.717) is 17.7 Å². The van der Waals surface area contributed by atoms with Crippen LogP contribution < -0.4 is 4.90 Å². The van der Waals surface area contributed by atoms with Crippen LogP contribution in [0.5, 0.6) is 5.75 Å². The summed E-state index contributed by atoms with van der Waals surface area (Å²) in [7, 11) is 0. The van der Waals surface area contributed by atoms with Crippen LogP contribution in [0.25, 0.3) is 0 Å². The lowest BCUT2D eigenvalue weighted by atomic mass is 9.51. The number of hydrogen-bond donors (Lipinski definition) is 2. The third-order valence-electron chi connectivity index (χ3n) is 9.48. The number of hydrogen-bond acceptors (Lipinski definition) is 6. The lowest BCUT2D eigenvalue weighted by molar-refractivity contribution is -0.142. The van der Waals surface area contributed by atoms with E-state index in [1.165, 1.54) is 4.90 Å². The standard InChI is InChI=1S/C31H30N2O7/c1-16-14-17(8-11-23(16)34)26-19-9-10-20-25(29(39)32(27(20)37)13-12-24(35)36)21(19)15-22-28(38)33(30(40)31(22,26)2)18-6-4-3-5-7-18/h3-9,11,14,20-22,25-26,34H,10,12-13,15H2,1-2H3,(H,35,36). The molecule has 0 spiro atoms. The Kier molecular flexibility index (Phi) is 5.94. The van der Waals surface area contributed by atoms with E-state index in [1.54, 1.807) is 43.3 Å². The first-order valence-electron chi connectivity index (χ1n) is 13.6. The summed E-state index contributed by atoms with van der Waals surface area (Å²) in [5.74, 6) is -5.53. The predicted octanol–water partition coefficient (Wildman–Crippen LogP) is 3.41. The highest BCUT2D eigenvalue weighted by Gasteiger charge is 2.67. The molecule has 6 rings (SSSR count). The topological polar surface area (TPSA) is 132 Å². The number of fused-ring (bicyclic) bond motifs is 4. The van der Waals surface area contributed by atoms with Crippen molar-refractivity contribution in [1.82, 2.24) is 4.90 Å². The van der Waals surface area contributed by atoms with Gasteiger partial charge in [0.25, 0.3) is 0 Å². The van der Waals surface area contributed by atoms with E-state index in [2.05, 4.69) is 0 Å². The Hall–Kier alpha value is -4.27. The molecule has 206 valence electrons. The minimum Gasteiger partial charge on any atom is -0.508 e. The average molecular weight is 543 g/mol. The van der Waals surface area contributed by atoms with Crippen LogP contribution >= 0.6 is 0 Å². The number of phenolic OH excluding ortho intramolecular Hbond substituents is 1. The second kappa shape index (κ2) is 9.15. The van der Waals surface area contributed by atoms with E-state index < -0.39 is 46.9 Å². The smallest absolute Gasteiger partial charge is 0.305 e. The van der Waals surface area contributed by atoms with Gasteiger partial charge in [-0.15, -0.1) is 0 Å². The Morgan fingerprint density at radius 1 is 1.00 bits per heavy atom. The van der Waals surface area contributed by atoms with Gasteiger partial charge in [-0.3, -0.25) is 28.9 Å². The number of aliphatic carboxylic acids is 1. The number of allylic oxidation sites excluding steroid dienone is 2. The lowest BCUT2D eigenvalue weighted by Gasteiger charge is -2.49. The minimum atomic E-state index is -1.15. The number of aromatic hydroxyl groups is 1. The van der Waals surface area contributed by atoms with Crippen LogP contribution in [-0.4, -0.2) is 51.3 Å². The molecule has 40 heavy (non-hydrogen) atoms. The van der Waals surface area contributed by atoms with Crippen molar-refractivity contribution in [1.29, 1.82) is 0 Å². The van der Waals surface area contributed by atoms with Gasteiger partial charge in [-0.25, -0.2) is 4.90 Å². The molecule has 0 radical (unpaired) electrons. The second-order valence-corrected chi connectivity index (χ2v) is 11.5. The third-order valence-corrected chi connectivity index (χ3v) is 9.48. The third kappa shape index (κ3) is 3.56. The first-order chi connectivity index (χ1) is 19.1. The number of phenols is 1. The Bertz CT molecular complexity index is 1500. The number of likely N-dealkylation sites (tertiary alicyclic amines) is 1. The monoisotopic (exact) mass is 542 g/mol. The van der Waals surface area contributed by atoms with Crippen molar-refractivity contribution in [2.24, 2.45) is 29.1 Å². The van der Waals surface area contributed by atoms with Gasteiger partial charge < -0.3 is 10.2 Å². The van der Waals surface area contributed by atoms with Crippen molar-refractivity contribution in [3.05, 3.63) is 71.3 Å². The van der Waals surface area contributed by atoms with E-state index in [4.69, 9.17) is 5.11 Å². The molecule has 0 aromatic heterocycles. The normalized spacial score (nSPS) is 31.1. The van der Waals surface area contributed by atoms with E-state index in [1.807, 2.05) is 25.1 Å². The molecule has 2 heterocycles. The molecule has 1 saturated carbocycles. The zero-order chi connectivity index (χ0) is 28.5. The number of carbonyl (C=O) groups is 5. The predicted molar refractivity (Wildman–Crippen MR) is 143 cm³/mol. The molecule has 4 amide bonds. The van der Waals surface area contributed by atoms with Crippen molar-refractivity contribution in [2.45, 2.75) is 39.0 Å². The van der Waals surface area contributed by atoms with Crippen molar-refractivity contribution in [2.75, 3.05) is 11.4 Å². The Morgan fingerprint density at radius 3 is 2.40 bits per heavy atom. The summed E-state index contributed by atoms with van der Waals surface area (Å²) in [4.78, 5) is 68.7. The number of rotatable bonds is 5. The molecule has 9 nitrogen and oxygen atoms in total. The van der Waals surface area contributed by atoms with Crippen LogP contribution in [0.3, 0.4) is 0 Å². The highest BCUT2D eigenvalue weighted by Crippen LogP contribution is 2.63. The second-order valence-electron chi connectivity index (χ2n) is 11.5. The number of nitrogens with zero attached hydrogens (tertiary/aromatic N) is 2. The molecule has 6 atom stereocenters. The molecular weight excluding hydrogens is 512 g/mol. The molecule has 4 aliphatic rings. The van der Waals surface area contributed by atoms with Gasteiger partial charge in [-0.2, -0.15) is 0 Å². The van der Waals surface area contributed by atoms with Crippen molar-refractivity contribution < 1.29 is 34.2 Å². The number of anilines is 1. The van der Waals surface area contributed by atoms with Crippen LogP contribution in [0.1, 0.15) is 43.2 Å². The number of aryl methyl sites for hydroxylation is 1. The molecule has 6 unspecified atom stereocenters. The van der Waals surface area contributed by atoms with Crippen LogP contribution in [0, 0.1) is 36.0 Å². The number of benzene rings is 2. The van der Waals surface area contributed by atoms with E-state index in [0.717, 1.165) is 16.0 Å². The average Bonchev–Trinajstić information content (AvgIpc) is 3.29. The minimum absolute atomic E-state index is 0.112. The SMILES string of the molecule is Cc1cc(C2C3=CCC4C(=O)N(CCC(=O)O)C(=O)C4C3CC3C(=O)N(c4ccccc4)C(=O)C32C)ccc1O. The first kappa shape index (κ1) is 26.0. The maximum atomic E-state index is 14.3. The van der Waals surface area contributed by atoms with Gasteiger partial charge >= 0.3 is 5.97 Å². The molecule has 2 aliphatic heterocycles. The lowest BCUT2D eigenvalue weighted by Crippen LogP contribution is -2.48. The molecule has 2 aliphatic carbocycles. The maximum absolute atomic E-state index is 14.3. The number of carboxylic acids is 1. The van der Waals surface area contributed by atoms with E-state index >= 15 is 0 Å².